The van der Waals surface area contributed by atoms with Crippen LogP contribution in [0.2, 0.25) is 0 Å². The fraction of sp³-hybridized carbons (Fsp3) is 0.0667. The van der Waals surface area contributed by atoms with Crippen LogP contribution >= 0.6 is 0 Å². The Morgan fingerprint density at radius 3 is 2.80 bits per heavy atom. The molecule has 0 spiro atoms. The fourth-order valence-electron chi connectivity index (χ4n) is 2.10. The number of phenols is 1. The molecule has 0 saturated carbocycles. The van der Waals surface area contributed by atoms with Crippen molar-refractivity contribution < 1.29 is 9.90 Å². The van der Waals surface area contributed by atoms with E-state index in [1.807, 2.05) is 24.3 Å². The summed E-state index contributed by atoms with van der Waals surface area (Å²) in [6.07, 6.45) is 0. The summed E-state index contributed by atoms with van der Waals surface area (Å²) >= 11 is 0. The minimum atomic E-state index is -0.229. The molecule has 0 aliphatic rings. The average molecular weight is 267 g/mol. The molecular weight excluding hydrogens is 254 g/mol. The van der Waals surface area contributed by atoms with Gasteiger partial charge in [-0.3, -0.25) is 9.89 Å². The maximum absolute atomic E-state index is 12.5. The molecule has 0 fully saturated rings. The highest BCUT2D eigenvalue weighted by Gasteiger charge is 2.19. The normalized spacial score (nSPS) is 10.7. The molecule has 5 heteroatoms. The Morgan fingerprint density at radius 1 is 1.20 bits per heavy atom. The summed E-state index contributed by atoms with van der Waals surface area (Å²) in [6.45, 7) is 0. The molecule has 0 aliphatic heterocycles. The van der Waals surface area contributed by atoms with Crippen LogP contribution in [0.1, 0.15) is 10.5 Å². The molecule has 1 amide bonds. The molecule has 5 nitrogen and oxygen atoms in total. The van der Waals surface area contributed by atoms with Crippen molar-refractivity contribution in [2.24, 2.45) is 0 Å². The number of rotatable bonds is 2. The average Bonchev–Trinajstić information content (AvgIpc) is 2.89. The highest BCUT2D eigenvalue weighted by atomic mass is 16.3. The highest BCUT2D eigenvalue weighted by molar-refractivity contribution is 6.12. The maximum Gasteiger partial charge on any atom is 0.279 e. The summed E-state index contributed by atoms with van der Waals surface area (Å²) in [5.41, 5.74) is 1.80. The van der Waals surface area contributed by atoms with Crippen LogP contribution in [0.5, 0.6) is 5.75 Å². The molecule has 20 heavy (non-hydrogen) atoms. The SMILES string of the molecule is CN(C(=O)c1n[nH]c2ccccc12)c1cccc(O)c1. The van der Waals surface area contributed by atoms with Crippen LogP contribution in [-0.2, 0) is 0 Å². The lowest BCUT2D eigenvalue weighted by atomic mass is 10.2. The molecule has 0 radical (unpaired) electrons. The van der Waals surface area contributed by atoms with Gasteiger partial charge >= 0.3 is 0 Å². The van der Waals surface area contributed by atoms with E-state index in [1.54, 1.807) is 25.2 Å². The fourth-order valence-corrected chi connectivity index (χ4v) is 2.10. The van der Waals surface area contributed by atoms with E-state index >= 15 is 0 Å². The van der Waals surface area contributed by atoms with Gasteiger partial charge in [0.05, 0.1) is 5.52 Å². The van der Waals surface area contributed by atoms with Crippen LogP contribution in [0.4, 0.5) is 5.69 Å². The number of nitrogens with one attached hydrogen (secondary N) is 1. The third kappa shape index (κ3) is 1.99. The molecule has 3 rings (SSSR count). The molecular formula is C15H13N3O2. The summed E-state index contributed by atoms with van der Waals surface area (Å²) in [5, 5.41) is 17.2. The molecule has 1 aromatic heterocycles. The molecule has 0 saturated heterocycles. The number of anilines is 1. The van der Waals surface area contributed by atoms with Crippen LogP contribution in [0, 0.1) is 0 Å². The summed E-state index contributed by atoms with van der Waals surface area (Å²) in [7, 11) is 1.65. The van der Waals surface area contributed by atoms with Crippen LogP contribution in [0.15, 0.2) is 48.5 Å². The Labute approximate surface area is 115 Å². The quantitative estimate of drug-likeness (QED) is 0.749. The molecule has 0 aliphatic carbocycles. The van der Waals surface area contributed by atoms with E-state index < -0.39 is 0 Å². The van der Waals surface area contributed by atoms with Gasteiger partial charge in [-0.2, -0.15) is 5.10 Å². The monoisotopic (exact) mass is 267 g/mol. The number of H-pyrrole nitrogens is 1. The van der Waals surface area contributed by atoms with E-state index in [0.717, 1.165) is 10.9 Å². The summed E-state index contributed by atoms with van der Waals surface area (Å²) in [4.78, 5) is 14.0. The van der Waals surface area contributed by atoms with Crippen molar-refractivity contribution in [3.63, 3.8) is 0 Å². The number of amides is 1. The zero-order chi connectivity index (χ0) is 14.1. The lowest BCUT2D eigenvalue weighted by Gasteiger charge is -2.16. The van der Waals surface area contributed by atoms with Crippen LogP contribution in [0.25, 0.3) is 10.9 Å². The number of hydrogen-bond acceptors (Lipinski definition) is 3. The second-order valence-corrected chi connectivity index (χ2v) is 4.50. The molecule has 1 heterocycles. The molecule has 2 N–H and O–H groups in total. The molecule has 0 bridgehead atoms. The van der Waals surface area contributed by atoms with Crippen molar-refractivity contribution in [2.75, 3.05) is 11.9 Å². The molecule has 0 atom stereocenters. The van der Waals surface area contributed by atoms with Gasteiger partial charge in [0.25, 0.3) is 5.91 Å². The number of nitrogens with zero attached hydrogens (tertiary/aromatic N) is 2. The number of hydrogen-bond donors (Lipinski definition) is 2. The number of fused-ring (bicyclic) bond motifs is 1. The van der Waals surface area contributed by atoms with Gasteiger partial charge in [-0.05, 0) is 18.2 Å². The van der Waals surface area contributed by atoms with E-state index in [-0.39, 0.29) is 11.7 Å². The predicted molar refractivity (Wildman–Crippen MR) is 76.9 cm³/mol. The van der Waals surface area contributed by atoms with Crippen molar-refractivity contribution in [1.29, 1.82) is 0 Å². The number of phenolic OH excluding ortho intramolecular Hbond substituents is 1. The highest BCUT2D eigenvalue weighted by Crippen LogP contribution is 2.22. The predicted octanol–water partition coefficient (Wildman–Crippen LogP) is 2.55. The molecule has 100 valence electrons. The minimum absolute atomic E-state index is 0.119. The van der Waals surface area contributed by atoms with Crippen molar-refractivity contribution in [3.05, 3.63) is 54.2 Å². The summed E-state index contributed by atoms with van der Waals surface area (Å²) < 4.78 is 0. The minimum Gasteiger partial charge on any atom is -0.508 e. The second kappa shape index (κ2) is 4.70. The number of carbonyl (C=O) groups is 1. The third-order valence-corrected chi connectivity index (χ3v) is 3.19. The van der Waals surface area contributed by atoms with Gasteiger partial charge in [-0.15, -0.1) is 0 Å². The molecule has 2 aromatic carbocycles. The lowest BCUT2D eigenvalue weighted by molar-refractivity contribution is 0.0990. The second-order valence-electron chi connectivity index (χ2n) is 4.50. The summed E-state index contributed by atoms with van der Waals surface area (Å²) in [5.74, 6) is -0.109. The van der Waals surface area contributed by atoms with Gasteiger partial charge in [0.2, 0.25) is 0 Å². The number of aromatic amines is 1. The summed E-state index contributed by atoms with van der Waals surface area (Å²) in [6, 6.07) is 14.0. The Hall–Kier alpha value is -2.82. The van der Waals surface area contributed by atoms with Gasteiger partial charge < -0.3 is 10.0 Å². The Morgan fingerprint density at radius 2 is 2.00 bits per heavy atom. The van der Waals surface area contributed by atoms with Gasteiger partial charge in [0, 0.05) is 24.2 Å². The van der Waals surface area contributed by atoms with Crippen LogP contribution in [-0.4, -0.2) is 28.3 Å². The first kappa shape index (κ1) is 12.2. The zero-order valence-electron chi connectivity index (χ0n) is 10.9. The molecule has 0 unspecified atom stereocenters. The smallest absolute Gasteiger partial charge is 0.279 e. The first-order valence-electron chi connectivity index (χ1n) is 6.17. The van der Waals surface area contributed by atoms with E-state index in [9.17, 15) is 9.90 Å². The first-order valence-corrected chi connectivity index (χ1v) is 6.17. The zero-order valence-corrected chi connectivity index (χ0v) is 10.9. The molecule has 3 aromatic rings. The van der Waals surface area contributed by atoms with Gasteiger partial charge in [-0.1, -0.05) is 24.3 Å². The van der Waals surface area contributed by atoms with Crippen molar-refractivity contribution in [3.8, 4) is 5.75 Å². The lowest BCUT2D eigenvalue weighted by Crippen LogP contribution is -2.26. The van der Waals surface area contributed by atoms with E-state index in [1.165, 1.54) is 11.0 Å². The first-order chi connectivity index (χ1) is 9.66. The van der Waals surface area contributed by atoms with Crippen LogP contribution < -0.4 is 4.90 Å². The number of aromatic nitrogens is 2. The van der Waals surface area contributed by atoms with Gasteiger partial charge in [-0.25, -0.2) is 0 Å². The van der Waals surface area contributed by atoms with Crippen molar-refractivity contribution >= 4 is 22.5 Å². The van der Waals surface area contributed by atoms with Crippen LogP contribution in [0.3, 0.4) is 0 Å². The van der Waals surface area contributed by atoms with Gasteiger partial charge in [0.15, 0.2) is 5.69 Å². The maximum atomic E-state index is 12.5. The number of aromatic hydroxyl groups is 1. The topological polar surface area (TPSA) is 69.2 Å². The standard InChI is InChI=1S/C15H13N3O2/c1-18(10-5-4-6-11(19)9-10)15(20)14-12-7-2-3-8-13(12)16-17-14/h2-9,19H,1H3,(H,16,17). The van der Waals surface area contributed by atoms with E-state index in [4.69, 9.17) is 0 Å². The Kier molecular flexibility index (Phi) is 2.87. The number of carbonyl (C=O) groups excluding carboxylic acids is 1. The van der Waals surface area contributed by atoms with E-state index in [0.29, 0.717) is 11.4 Å². The number of para-hydroxylation sites is 1. The Bertz CT molecular complexity index is 779. The third-order valence-electron chi connectivity index (χ3n) is 3.19. The van der Waals surface area contributed by atoms with Crippen molar-refractivity contribution in [1.82, 2.24) is 10.2 Å². The van der Waals surface area contributed by atoms with E-state index in [2.05, 4.69) is 10.2 Å². The Balaban J connectivity index is 2.00. The number of benzene rings is 2. The van der Waals surface area contributed by atoms with Gasteiger partial charge in [0.1, 0.15) is 5.75 Å². The largest absolute Gasteiger partial charge is 0.508 e. The van der Waals surface area contributed by atoms with Crippen molar-refractivity contribution in [2.45, 2.75) is 0 Å².